The summed E-state index contributed by atoms with van der Waals surface area (Å²) < 4.78 is 0. The van der Waals surface area contributed by atoms with Gasteiger partial charge in [-0.25, -0.2) is 4.79 Å². The quantitative estimate of drug-likeness (QED) is 0.537. The predicted octanol–water partition coefficient (Wildman–Crippen LogP) is 0.356. The maximum Gasteiger partial charge on any atom is 0.329 e. The molecule has 1 atom stereocenters. The van der Waals surface area contributed by atoms with Crippen LogP contribution in [-0.2, 0) is 9.59 Å². The number of aliphatic carboxylic acids is 1. The van der Waals surface area contributed by atoms with Gasteiger partial charge in [-0.2, -0.15) is 0 Å². The number of hydrogen-bond donors (Lipinski definition) is 3. The molecule has 0 aliphatic carbocycles. The first-order valence-corrected chi connectivity index (χ1v) is 5.15. The number of carboxylic acids is 1. The van der Waals surface area contributed by atoms with Crippen molar-refractivity contribution in [1.82, 2.24) is 10.6 Å². The van der Waals surface area contributed by atoms with Gasteiger partial charge in [0.2, 0.25) is 5.91 Å². The molecule has 0 saturated carbocycles. The van der Waals surface area contributed by atoms with Crippen LogP contribution >= 0.6 is 0 Å². The molecule has 1 amide bonds. The van der Waals surface area contributed by atoms with Gasteiger partial charge in [0.05, 0.1) is 0 Å². The molecule has 5 heteroatoms. The lowest BCUT2D eigenvalue weighted by Crippen LogP contribution is -2.51. The lowest BCUT2D eigenvalue weighted by Gasteiger charge is -2.24. The molecule has 0 aromatic rings. The standard InChI is InChI=1S/C10H20N2O3/c1-4-10(2,9(14)15)12-8(13)6-5-7-11-3/h11H,4-7H2,1-3H3,(H,12,13)(H,14,15). The number of carbonyl (C=O) groups is 2. The first-order chi connectivity index (χ1) is 6.96. The average Bonchev–Trinajstić information content (AvgIpc) is 2.17. The zero-order valence-electron chi connectivity index (χ0n) is 9.59. The van der Waals surface area contributed by atoms with Gasteiger partial charge in [-0.15, -0.1) is 0 Å². The van der Waals surface area contributed by atoms with Crippen molar-refractivity contribution in [2.45, 2.75) is 38.6 Å². The van der Waals surface area contributed by atoms with E-state index in [1.807, 2.05) is 7.05 Å². The summed E-state index contributed by atoms with van der Waals surface area (Å²) in [6, 6.07) is 0. The van der Waals surface area contributed by atoms with Gasteiger partial charge < -0.3 is 15.7 Å². The van der Waals surface area contributed by atoms with Crippen LogP contribution in [0, 0.1) is 0 Å². The van der Waals surface area contributed by atoms with Gasteiger partial charge in [0.1, 0.15) is 5.54 Å². The second-order valence-corrected chi connectivity index (χ2v) is 3.75. The van der Waals surface area contributed by atoms with Crippen molar-refractivity contribution in [1.29, 1.82) is 0 Å². The van der Waals surface area contributed by atoms with E-state index < -0.39 is 11.5 Å². The third kappa shape index (κ3) is 4.78. The van der Waals surface area contributed by atoms with Crippen molar-refractivity contribution >= 4 is 11.9 Å². The number of rotatable bonds is 7. The molecule has 0 bridgehead atoms. The summed E-state index contributed by atoms with van der Waals surface area (Å²) in [6.45, 7) is 4.01. The third-order valence-corrected chi connectivity index (χ3v) is 2.43. The topological polar surface area (TPSA) is 78.4 Å². The number of carbonyl (C=O) groups excluding carboxylic acids is 1. The molecule has 0 fully saturated rings. The largest absolute Gasteiger partial charge is 0.480 e. The van der Waals surface area contributed by atoms with Crippen molar-refractivity contribution in [3.63, 3.8) is 0 Å². The van der Waals surface area contributed by atoms with Crippen molar-refractivity contribution in [3.8, 4) is 0 Å². The normalized spacial score (nSPS) is 14.3. The molecule has 88 valence electrons. The lowest BCUT2D eigenvalue weighted by molar-refractivity contribution is -0.147. The number of amides is 1. The SMILES string of the molecule is CCC(C)(NC(=O)CCCNC)C(=O)O. The minimum absolute atomic E-state index is 0.211. The first kappa shape index (κ1) is 13.9. The van der Waals surface area contributed by atoms with Crippen molar-refractivity contribution in [3.05, 3.63) is 0 Å². The van der Waals surface area contributed by atoms with E-state index in [1.54, 1.807) is 6.92 Å². The highest BCUT2D eigenvalue weighted by Crippen LogP contribution is 2.09. The fourth-order valence-electron chi connectivity index (χ4n) is 1.09. The number of hydrogen-bond acceptors (Lipinski definition) is 3. The summed E-state index contributed by atoms with van der Waals surface area (Å²) in [5, 5.41) is 14.4. The molecule has 0 aromatic heterocycles. The molecule has 0 aromatic carbocycles. The molecule has 5 nitrogen and oxygen atoms in total. The van der Waals surface area contributed by atoms with E-state index >= 15 is 0 Å². The molecule has 0 rings (SSSR count). The number of nitrogens with one attached hydrogen (secondary N) is 2. The molecule has 0 heterocycles. The van der Waals surface area contributed by atoms with E-state index in [2.05, 4.69) is 10.6 Å². The van der Waals surface area contributed by atoms with Crippen molar-refractivity contribution in [2.24, 2.45) is 0 Å². The van der Waals surface area contributed by atoms with E-state index in [-0.39, 0.29) is 5.91 Å². The third-order valence-electron chi connectivity index (χ3n) is 2.43. The highest BCUT2D eigenvalue weighted by atomic mass is 16.4. The average molecular weight is 216 g/mol. The molecular formula is C10H20N2O3. The van der Waals surface area contributed by atoms with Crippen LogP contribution < -0.4 is 10.6 Å². The van der Waals surface area contributed by atoms with Gasteiger partial charge in [-0.1, -0.05) is 6.92 Å². The minimum Gasteiger partial charge on any atom is -0.480 e. The van der Waals surface area contributed by atoms with Gasteiger partial charge in [0.25, 0.3) is 0 Å². The van der Waals surface area contributed by atoms with Crippen LogP contribution in [0.2, 0.25) is 0 Å². The summed E-state index contributed by atoms with van der Waals surface area (Å²) in [4.78, 5) is 22.3. The molecule has 0 aliphatic rings. The fraction of sp³-hybridized carbons (Fsp3) is 0.800. The summed E-state index contributed by atoms with van der Waals surface area (Å²) in [6.07, 6.45) is 1.44. The monoisotopic (exact) mass is 216 g/mol. The van der Waals surface area contributed by atoms with Crippen LogP contribution in [0.4, 0.5) is 0 Å². The molecule has 1 unspecified atom stereocenters. The summed E-state index contributed by atoms with van der Waals surface area (Å²) in [5.41, 5.74) is -1.14. The van der Waals surface area contributed by atoms with Crippen LogP contribution in [0.1, 0.15) is 33.1 Å². The summed E-state index contributed by atoms with van der Waals surface area (Å²) >= 11 is 0. The predicted molar refractivity (Wildman–Crippen MR) is 57.6 cm³/mol. The lowest BCUT2D eigenvalue weighted by atomic mass is 9.99. The molecule has 0 radical (unpaired) electrons. The fourth-order valence-corrected chi connectivity index (χ4v) is 1.09. The highest BCUT2D eigenvalue weighted by molar-refractivity contribution is 5.86. The zero-order valence-corrected chi connectivity index (χ0v) is 9.59. The first-order valence-electron chi connectivity index (χ1n) is 5.15. The van der Waals surface area contributed by atoms with Gasteiger partial charge in [-0.3, -0.25) is 4.79 Å². The van der Waals surface area contributed by atoms with Gasteiger partial charge >= 0.3 is 5.97 Å². The Kier molecular flexibility index (Phi) is 5.93. The Bertz CT molecular complexity index is 231. The second kappa shape index (κ2) is 6.40. The number of carboxylic acid groups (broad SMARTS) is 1. The minimum atomic E-state index is -1.14. The van der Waals surface area contributed by atoms with Crippen LogP contribution in [0.25, 0.3) is 0 Å². The van der Waals surface area contributed by atoms with Crippen molar-refractivity contribution in [2.75, 3.05) is 13.6 Å². The maximum absolute atomic E-state index is 11.4. The van der Waals surface area contributed by atoms with E-state index in [1.165, 1.54) is 6.92 Å². The van der Waals surface area contributed by atoms with Gasteiger partial charge in [0.15, 0.2) is 0 Å². The Labute approximate surface area is 90.2 Å². The van der Waals surface area contributed by atoms with Crippen LogP contribution in [0.3, 0.4) is 0 Å². The molecule has 0 spiro atoms. The van der Waals surface area contributed by atoms with Crippen LogP contribution in [0.15, 0.2) is 0 Å². The Balaban J connectivity index is 4.08. The Morgan fingerprint density at radius 3 is 2.40 bits per heavy atom. The van der Waals surface area contributed by atoms with E-state index in [0.717, 1.165) is 6.54 Å². The van der Waals surface area contributed by atoms with E-state index in [9.17, 15) is 9.59 Å². The Morgan fingerprint density at radius 1 is 1.40 bits per heavy atom. The maximum atomic E-state index is 11.4. The Hall–Kier alpha value is -1.10. The molecule has 0 aliphatic heterocycles. The highest BCUT2D eigenvalue weighted by Gasteiger charge is 2.32. The van der Waals surface area contributed by atoms with Crippen LogP contribution in [-0.4, -0.2) is 36.1 Å². The van der Waals surface area contributed by atoms with Gasteiger partial charge in [-0.05, 0) is 33.4 Å². The van der Waals surface area contributed by atoms with Crippen LogP contribution in [0.5, 0.6) is 0 Å². The van der Waals surface area contributed by atoms with Crippen molar-refractivity contribution < 1.29 is 14.7 Å². The zero-order chi connectivity index (χ0) is 11.9. The molecular weight excluding hydrogens is 196 g/mol. The molecule has 0 saturated heterocycles. The molecule has 15 heavy (non-hydrogen) atoms. The smallest absolute Gasteiger partial charge is 0.329 e. The molecule has 3 N–H and O–H groups in total. The summed E-state index contributed by atoms with van der Waals surface area (Å²) in [5.74, 6) is -1.20. The Morgan fingerprint density at radius 2 is 2.00 bits per heavy atom. The van der Waals surface area contributed by atoms with Gasteiger partial charge in [0, 0.05) is 6.42 Å². The van der Waals surface area contributed by atoms with E-state index in [4.69, 9.17) is 5.11 Å². The summed E-state index contributed by atoms with van der Waals surface area (Å²) in [7, 11) is 1.81. The second-order valence-electron chi connectivity index (χ2n) is 3.75. The van der Waals surface area contributed by atoms with E-state index in [0.29, 0.717) is 19.3 Å².